The number of aryl methyl sites for hydroxylation is 1. The van der Waals surface area contributed by atoms with Gasteiger partial charge in [-0.1, -0.05) is 53.7 Å². The fourth-order valence-corrected chi connectivity index (χ4v) is 3.61. The normalized spacial score (nSPS) is 10.7. The molecule has 5 rings (SSSR count). The van der Waals surface area contributed by atoms with Crippen molar-refractivity contribution in [1.29, 1.82) is 0 Å². The van der Waals surface area contributed by atoms with Gasteiger partial charge in [-0.15, -0.1) is 0 Å². The van der Waals surface area contributed by atoms with Crippen molar-refractivity contribution in [3.8, 4) is 28.5 Å². The van der Waals surface area contributed by atoms with Crippen LogP contribution in [-0.4, -0.2) is 25.0 Å². The first kappa shape index (κ1) is 34.2. The van der Waals surface area contributed by atoms with Gasteiger partial charge in [-0.3, -0.25) is 24.7 Å². The summed E-state index contributed by atoms with van der Waals surface area (Å²) in [6, 6.07) is 21.2. The topological polar surface area (TPSA) is 102 Å². The van der Waals surface area contributed by atoms with Crippen molar-refractivity contribution in [2.75, 3.05) is 0 Å². The molecule has 0 radical (unpaired) electrons. The van der Waals surface area contributed by atoms with Crippen LogP contribution in [0.1, 0.15) is 58.4 Å². The Labute approximate surface area is 260 Å². The number of hydrogen-bond donors (Lipinski definition) is 1. The molecule has 8 heteroatoms. The molecule has 5 aromatic rings. The third-order valence-electron chi connectivity index (χ3n) is 6.14. The molecule has 0 aliphatic carbocycles. The molecule has 0 aliphatic heterocycles. The Morgan fingerprint density at radius 1 is 0.619 bits per heavy atom. The van der Waals surface area contributed by atoms with Gasteiger partial charge in [0.25, 0.3) is 0 Å². The van der Waals surface area contributed by atoms with E-state index >= 15 is 0 Å². The molecule has 5 aromatic heterocycles. The third-order valence-corrected chi connectivity index (χ3v) is 6.14. The monoisotopic (exact) mass is 652 g/mol. The molecule has 7 nitrogen and oxygen atoms in total. The molecule has 0 bridgehead atoms. The molecule has 0 amide bonds. The maximum absolute atomic E-state index is 10.5. The van der Waals surface area contributed by atoms with E-state index in [-0.39, 0.29) is 41.8 Å². The Bertz CT molecular complexity index is 1500. The average molecular weight is 652 g/mol. The molecule has 0 saturated carbocycles. The maximum atomic E-state index is 10.5. The number of pyridine rings is 4. The Balaban J connectivity index is 0.000000238. The van der Waals surface area contributed by atoms with Crippen LogP contribution < -0.4 is 5.43 Å². The Morgan fingerprint density at radius 3 is 1.38 bits per heavy atom. The minimum absolute atomic E-state index is 0. The number of hydrogen-bond acceptors (Lipinski definition) is 7. The molecule has 0 aromatic carbocycles. The van der Waals surface area contributed by atoms with Crippen LogP contribution in [-0.2, 0) is 30.3 Å². The summed E-state index contributed by atoms with van der Waals surface area (Å²) in [5.74, 6) is -0.0556. The van der Waals surface area contributed by atoms with E-state index in [9.17, 15) is 4.79 Å². The van der Waals surface area contributed by atoms with Crippen LogP contribution in [0.5, 0.6) is 5.75 Å². The summed E-state index contributed by atoms with van der Waals surface area (Å²) in [5.41, 5.74) is 6.14. The van der Waals surface area contributed by atoms with Gasteiger partial charge in [0.2, 0.25) is 11.2 Å². The zero-order valence-corrected chi connectivity index (χ0v) is 26.9. The molecule has 220 valence electrons. The van der Waals surface area contributed by atoms with Crippen molar-refractivity contribution < 1.29 is 29.0 Å². The van der Waals surface area contributed by atoms with Gasteiger partial charge in [0.1, 0.15) is 5.76 Å². The predicted octanol–water partition coefficient (Wildman–Crippen LogP) is 7.53. The van der Waals surface area contributed by atoms with E-state index in [1.165, 1.54) is 30.4 Å². The largest absolute Gasteiger partial charge is 0.502 e. The summed E-state index contributed by atoms with van der Waals surface area (Å²) >= 11 is 0. The summed E-state index contributed by atoms with van der Waals surface area (Å²) in [5, 5.41) is 8.80. The number of aromatic hydroxyl groups is 1. The van der Waals surface area contributed by atoms with Crippen LogP contribution in [0.4, 0.5) is 0 Å². The van der Waals surface area contributed by atoms with Crippen molar-refractivity contribution in [3.05, 3.63) is 125 Å². The fourth-order valence-electron chi connectivity index (χ4n) is 3.61. The number of aromatic nitrogens is 4. The van der Waals surface area contributed by atoms with Crippen molar-refractivity contribution in [3.63, 3.8) is 0 Å². The molecule has 0 aliphatic rings. The number of nitrogens with zero attached hydrogens (tertiary/aromatic N) is 4. The predicted molar refractivity (Wildman–Crippen MR) is 164 cm³/mol. The Morgan fingerprint density at radius 2 is 1.05 bits per heavy atom. The van der Waals surface area contributed by atoms with Crippen LogP contribution in [0.25, 0.3) is 22.8 Å². The molecule has 42 heavy (non-hydrogen) atoms. The van der Waals surface area contributed by atoms with Gasteiger partial charge in [-0.25, -0.2) is 0 Å². The second-order valence-electron chi connectivity index (χ2n) is 11.5. The van der Waals surface area contributed by atoms with Crippen LogP contribution in [0, 0.1) is 6.92 Å². The second-order valence-corrected chi connectivity index (χ2v) is 11.5. The molecule has 0 atom stereocenters. The van der Waals surface area contributed by atoms with E-state index in [1.54, 1.807) is 12.4 Å². The fraction of sp³-hybridized carbons (Fsp3) is 0.265. The number of rotatable bonds is 2. The molecule has 1 N–H and O–H groups in total. The maximum Gasteiger partial charge on any atom is 0.226 e. The molecular weight excluding hydrogens is 613 g/mol. The summed E-state index contributed by atoms with van der Waals surface area (Å²) in [6.07, 6.45) is 8.54. The first-order valence-corrected chi connectivity index (χ1v) is 13.4. The molecule has 0 unspecified atom stereocenters. The SMILES string of the molecule is CC(C)(C)c1ccnc(-c2cc(C(C)(C)C)ccn2)c1.Cc1occc(=O)c1O.[Ru].c1ccc(-c2ccccn2)nc1. The summed E-state index contributed by atoms with van der Waals surface area (Å²) in [6.45, 7) is 14.8. The second kappa shape index (κ2) is 15.3. The first-order chi connectivity index (χ1) is 19.4. The Kier molecular flexibility index (Phi) is 12.4. The molecular formula is C34H38N4O3Ru. The summed E-state index contributed by atoms with van der Waals surface area (Å²) in [4.78, 5) is 27.9. The Hall–Kier alpha value is -4.03. The standard InChI is InChI=1S/C18H24N2.C10H8N2.C6H6O3.Ru/c1-17(2,3)13-7-9-19-15(11-13)16-12-14(8-10-20-16)18(4,5)6;1-3-7-11-9(5-1)10-6-2-4-8-12-10;1-4-6(8)5(7)2-3-9-4;/h7-12H,1-6H3;1-8H;2-3,8H,1H3;. The van der Waals surface area contributed by atoms with Gasteiger partial charge in [-0.2, -0.15) is 0 Å². The summed E-state index contributed by atoms with van der Waals surface area (Å²) < 4.78 is 4.69. The average Bonchev–Trinajstić information content (AvgIpc) is 2.97. The molecule has 0 spiro atoms. The van der Waals surface area contributed by atoms with Gasteiger partial charge >= 0.3 is 0 Å². The molecule has 0 saturated heterocycles. The molecule has 0 fully saturated rings. The van der Waals surface area contributed by atoms with E-state index < -0.39 is 5.43 Å². The van der Waals surface area contributed by atoms with E-state index in [2.05, 4.69) is 90.2 Å². The zero-order valence-electron chi connectivity index (χ0n) is 25.1. The van der Waals surface area contributed by atoms with Crippen molar-refractivity contribution in [2.24, 2.45) is 0 Å². The van der Waals surface area contributed by atoms with Gasteiger partial charge in [0.05, 0.1) is 29.0 Å². The van der Waals surface area contributed by atoms with E-state index in [1.807, 2.05) is 48.8 Å². The minimum Gasteiger partial charge on any atom is -0.502 e. The van der Waals surface area contributed by atoms with Crippen LogP contribution >= 0.6 is 0 Å². The van der Waals surface area contributed by atoms with Gasteiger partial charge in [0, 0.05) is 50.3 Å². The zero-order chi connectivity index (χ0) is 30.0. The smallest absolute Gasteiger partial charge is 0.226 e. The van der Waals surface area contributed by atoms with Crippen molar-refractivity contribution >= 4 is 0 Å². The van der Waals surface area contributed by atoms with Crippen LogP contribution in [0.3, 0.4) is 0 Å². The minimum atomic E-state index is -0.404. The van der Waals surface area contributed by atoms with E-state index in [0.29, 0.717) is 0 Å². The quantitative estimate of drug-likeness (QED) is 0.197. The van der Waals surface area contributed by atoms with Crippen LogP contribution in [0.15, 0.2) is 107 Å². The third kappa shape index (κ3) is 10.1. The van der Waals surface area contributed by atoms with Gasteiger partial charge in [0.15, 0.2) is 0 Å². The van der Waals surface area contributed by atoms with Gasteiger partial charge in [-0.05, 0) is 77.4 Å². The van der Waals surface area contributed by atoms with Gasteiger partial charge < -0.3 is 9.52 Å². The van der Waals surface area contributed by atoms with Crippen LogP contribution in [0.2, 0.25) is 0 Å². The first-order valence-electron chi connectivity index (χ1n) is 13.4. The van der Waals surface area contributed by atoms with E-state index in [4.69, 9.17) is 5.11 Å². The summed E-state index contributed by atoms with van der Waals surface area (Å²) in [7, 11) is 0. The van der Waals surface area contributed by atoms with E-state index in [0.717, 1.165) is 22.8 Å². The molecule has 5 heterocycles. The van der Waals surface area contributed by atoms with Crippen molar-refractivity contribution in [1.82, 2.24) is 19.9 Å². The van der Waals surface area contributed by atoms with Crippen molar-refractivity contribution in [2.45, 2.75) is 59.3 Å².